The fourth-order valence-corrected chi connectivity index (χ4v) is 13.3. The topological polar surface area (TPSA) is 276 Å². The van der Waals surface area contributed by atoms with E-state index in [4.69, 9.17) is 30.6 Å². The Hall–Kier alpha value is -16.3. The molecule has 0 unspecified atom stereocenters. The highest BCUT2D eigenvalue weighted by Gasteiger charge is 2.31. The highest BCUT2D eigenvalue weighted by Crippen LogP contribution is 2.32. The summed E-state index contributed by atoms with van der Waals surface area (Å²) in [5.41, 5.74) is 11.2. The van der Waals surface area contributed by atoms with Crippen molar-refractivity contribution in [3.05, 3.63) is 384 Å². The van der Waals surface area contributed by atoms with E-state index < -0.39 is 82.9 Å². The van der Waals surface area contributed by atoms with Gasteiger partial charge in [0.15, 0.2) is 17.5 Å². The molecule has 122 heavy (non-hydrogen) atoms. The Kier molecular flexibility index (Phi) is 24.2. The maximum atomic E-state index is 13.8. The van der Waals surface area contributed by atoms with E-state index in [1.807, 2.05) is 72.4 Å². The number of rotatable bonds is 13. The van der Waals surface area contributed by atoms with E-state index in [9.17, 15) is 72.7 Å². The third kappa shape index (κ3) is 19.0. The number of carbonyl (C=O) groups is 6. The van der Waals surface area contributed by atoms with Crippen molar-refractivity contribution in [2.24, 2.45) is 0 Å². The van der Waals surface area contributed by atoms with Crippen molar-refractivity contribution >= 4 is 101 Å². The van der Waals surface area contributed by atoms with Crippen LogP contribution in [-0.2, 0) is 0 Å². The molecule has 0 aliphatic rings. The van der Waals surface area contributed by atoms with Crippen LogP contribution in [0.3, 0.4) is 0 Å². The lowest BCUT2D eigenvalue weighted by Crippen LogP contribution is -2.17. The number of halogens is 10. The zero-order valence-electron chi connectivity index (χ0n) is 63.2. The lowest BCUT2D eigenvalue weighted by atomic mass is 10.1. The van der Waals surface area contributed by atoms with Gasteiger partial charge >= 0.3 is 42.2 Å². The molecule has 0 fully saturated rings. The van der Waals surface area contributed by atoms with Gasteiger partial charge in [-0.15, -0.1) is 13.2 Å². The number of benzene rings is 11. The molecule has 0 aliphatic heterocycles. The number of pyridine rings is 1. The molecule has 0 bridgehead atoms. The number of alkyl halides is 3. The van der Waals surface area contributed by atoms with Crippen LogP contribution in [0.2, 0.25) is 0 Å². The fraction of sp³-hybridized carbons (Fsp3) is 0.0326. The van der Waals surface area contributed by atoms with Crippen LogP contribution in [0.4, 0.5) is 43.9 Å². The number of aromatic nitrogens is 7. The van der Waals surface area contributed by atoms with E-state index in [2.05, 4.69) is 33.3 Å². The summed E-state index contributed by atoms with van der Waals surface area (Å²) < 4.78 is 144. The van der Waals surface area contributed by atoms with Crippen LogP contribution in [0.15, 0.2) is 298 Å². The molecule has 18 rings (SSSR count). The first-order chi connectivity index (χ1) is 58.2. The Balaban J connectivity index is 0.000000126. The van der Waals surface area contributed by atoms with Crippen LogP contribution in [0.5, 0.6) is 5.75 Å². The Morgan fingerprint density at radius 2 is 0.639 bits per heavy atom. The fourth-order valence-electron chi connectivity index (χ4n) is 13.3. The van der Waals surface area contributed by atoms with Crippen molar-refractivity contribution in [2.75, 3.05) is 0 Å². The molecule has 0 saturated heterocycles. The Bertz CT molecular complexity index is 6930. The highest BCUT2D eigenvalue weighted by molar-refractivity contribution is 5.99. The minimum Gasteiger partial charge on any atom is -0.478 e. The van der Waals surface area contributed by atoms with Crippen LogP contribution in [0.25, 0.3) is 99.5 Å². The number of carboxylic acid groups (broad SMARTS) is 6. The predicted molar refractivity (Wildman–Crippen MR) is 435 cm³/mol. The number of aromatic carboxylic acids is 6. The van der Waals surface area contributed by atoms with Gasteiger partial charge in [-0.25, -0.2) is 59.5 Å². The van der Waals surface area contributed by atoms with Crippen molar-refractivity contribution in [3.63, 3.8) is 0 Å². The molecule has 0 atom stereocenters. The monoisotopic (exact) mass is 1660 g/mol. The number of fused-ring (bicyclic) bond motifs is 6. The van der Waals surface area contributed by atoms with Crippen LogP contribution in [0.1, 0.15) is 73.4 Å². The Morgan fingerprint density at radius 3 is 0.992 bits per heavy atom. The number of nitrogens with zero attached hydrogens (tertiary/aromatic N) is 7. The molecule has 7 aromatic heterocycles. The molecule has 0 radical (unpaired) electrons. The van der Waals surface area contributed by atoms with Crippen LogP contribution in [-0.4, -0.2) is 105 Å². The van der Waals surface area contributed by atoms with Gasteiger partial charge in [0.05, 0.1) is 83.5 Å². The van der Waals surface area contributed by atoms with E-state index in [0.717, 1.165) is 86.2 Å². The minimum atomic E-state index is -4.73. The molecule has 6 N–H and O–H groups in total. The Morgan fingerprint density at radius 1 is 0.303 bits per heavy atom. The summed E-state index contributed by atoms with van der Waals surface area (Å²) in [5, 5.41) is 58.3. The lowest BCUT2D eigenvalue weighted by Gasteiger charge is -2.10. The first-order valence-electron chi connectivity index (χ1n) is 36.2. The third-order valence-electron chi connectivity index (χ3n) is 18.9. The van der Waals surface area contributed by atoms with Crippen molar-refractivity contribution in [1.29, 1.82) is 0 Å². The number of aryl methyl sites for hydroxylation is 2. The maximum absolute atomic E-state index is 13.8. The third-order valence-corrected chi connectivity index (χ3v) is 18.9. The molecule has 20 nitrogen and oxygen atoms in total. The van der Waals surface area contributed by atoms with E-state index in [-0.39, 0.29) is 39.4 Å². The van der Waals surface area contributed by atoms with Crippen molar-refractivity contribution < 1.29 is 108 Å². The summed E-state index contributed by atoms with van der Waals surface area (Å²) in [7, 11) is 0. The molecule has 0 amide bonds. The number of hydrogen-bond donors (Lipinski definition) is 6. The standard InChI is InChI=1S/C16H10F3NO3.C16H13NO2.C15H8F3NO2.2C15H9F2NO2.C15H12N2O2/c17-16(18,19)23-13-4-2-12(3-5-13)20-8-7-10-9-11(15(21)22)1-6-14(10)20;1-11-3-2-4-14(9-11)17-8-7-12-10-13(16(18)19)5-6-15(12)17;16-11-6-10(7-12(17)14(11)18)19-4-3-8-5-9(15(20)21)1-2-13(8)19;16-11-2-3-12(17)14(8-11)18-6-5-9-7-10(15(19)20)1-4-13(9)18;16-11-6-12(17)8-13(7-11)18-4-3-9-5-10(15(19)20)1-2-14(9)18;1-10-8-13(4-6-16-10)17-7-5-11-9-12(15(18)19)2-3-14(11)17/h1-9H,(H,21,22);2-10H,1H3,(H,18,19);1-7H,(H,20,21);2*1-8H,(H,19,20);2-9H,1H3,(H,18,19). The van der Waals surface area contributed by atoms with Gasteiger partial charge in [0.25, 0.3) is 0 Å². The van der Waals surface area contributed by atoms with Gasteiger partial charge < -0.3 is 62.8 Å². The molecule has 0 saturated carbocycles. The van der Waals surface area contributed by atoms with Gasteiger partial charge in [0, 0.05) is 123 Å². The zero-order valence-corrected chi connectivity index (χ0v) is 63.2. The largest absolute Gasteiger partial charge is 0.573 e. The van der Waals surface area contributed by atoms with Crippen molar-refractivity contribution in [3.8, 4) is 39.9 Å². The van der Waals surface area contributed by atoms with Crippen LogP contribution < -0.4 is 4.74 Å². The molecule has 7 heterocycles. The van der Waals surface area contributed by atoms with Gasteiger partial charge in [-0.2, -0.15) is 0 Å². The second-order valence-corrected chi connectivity index (χ2v) is 27.1. The first-order valence-corrected chi connectivity index (χ1v) is 36.2. The summed E-state index contributed by atoms with van der Waals surface area (Å²) in [6, 6.07) is 64.7. The van der Waals surface area contributed by atoms with E-state index >= 15 is 0 Å². The van der Waals surface area contributed by atoms with E-state index in [1.54, 1.807) is 101 Å². The van der Waals surface area contributed by atoms with Gasteiger partial charge in [-0.1, -0.05) is 12.1 Å². The maximum Gasteiger partial charge on any atom is 0.573 e. The summed E-state index contributed by atoms with van der Waals surface area (Å²) in [4.78, 5) is 69.8. The second kappa shape index (κ2) is 35.3. The predicted octanol–water partition coefficient (Wildman–Crippen LogP) is 21.9. The van der Waals surface area contributed by atoms with Gasteiger partial charge in [0.1, 0.15) is 29.0 Å². The smallest absolute Gasteiger partial charge is 0.478 e. The number of carboxylic acids is 6. The van der Waals surface area contributed by atoms with Gasteiger partial charge in [-0.3, -0.25) is 4.98 Å². The summed E-state index contributed by atoms with van der Waals surface area (Å²) in [6.45, 7) is 4.00. The van der Waals surface area contributed by atoms with E-state index in [0.29, 0.717) is 55.2 Å². The molecular formula is C92H61F10N7O13. The summed E-state index contributed by atoms with van der Waals surface area (Å²) in [5.74, 6) is -12.7. The molecule has 11 aromatic carbocycles. The molecule has 18 aromatic rings. The van der Waals surface area contributed by atoms with Crippen molar-refractivity contribution in [1.82, 2.24) is 32.4 Å². The van der Waals surface area contributed by atoms with Crippen LogP contribution >= 0.6 is 0 Å². The second-order valence-electron chi connectivity index (χ2n) is 27.1. The first kappa shape index (κ1) is 83.7. The molecule has 0 aliphatic carbocycles. The minimum absolute atomic E-state index is 0.0862. The quantitative estimate of drug-likeness (QED) is 0.0463. The highest BCUT2D eigenvalue weighted by atomic mass is 19.4. The number of ether oxygens (including phenoxy) is 1. The van der Waals surface area contributed by atoms with Crippen molar-refractivity contribution in [2.45, 2.75) is 20.2 Å². The lowest BCUT2D eigenvalue weighted by molar-refractivity contribution is -0.274. The van der Waals surface area contributed by atoms with Gasteiger partial charge in [0.2, 0.25) is 0 Å². The number of hydrogen-bond acceptors (Lipinski definition) is 8. The average molecular weight is 1660 g/mol. The average Bonchev–Trinajstić information content (AvgIpc) is 1.52. The van der Waals surface area contributed by atoms with Crippen LogP contribution in [0, 0.1) is 54.6 Å². The zero-order chi connectivity index (χ0) is 87.1. The van der Waals surface area contributed by atoms with E-state index in [1.165, 1.54) is 112 Å². The molecule has 30 heteroatoms. The molecule has 0 spiro atoms. The normalized spacial score (nSPS) is 11.0. The Labute approximate surface area is 682 Å². The molecule has 612 valence electrons. The summed E-state index contributed by atoms with van der Waals surface area (Å²) in [6.07, 6.45) is 7.41. The van der Waals surface area contributed by atoms with Gasteiger partial charge in [-0.05, 0) is 238 Å². The summed E-state index contributed by atoms with van der Waals surface area (Å²) >= 11 is 0. The molecular weight excluding hydrogens is 1600 g/mol. The SMILES string of the molecule is Cc1cc(-n2ccc3cc(C(=O)O)ccc32)ccn1.Cc1cccc(-n2ccc3cc(C(=O)O)ccc32)c1.O=C(O)c1ccc2c(ccn2-c2cc(F)c(F)c(F)c2)c1.O=C(O)c1ccc2c(ccn2-c2cc(F)cc(F)c2)c1.O=C(O)c1ccc2c(ccn2-c2cc(F)ccc2F)c1.O=C(O)c1ccc2c(ccn2-c2ccc(OC(F)(F)F)cc2)c1.